The first kappa shape index (κ1) is 21.7. The van der Waals surface area contributed by atoms with Gasteiger partial charge in [-0.3, -0.25) is 0 Å². The van der Waals surface area contributed by atoms with Gasteiger partial charge in [-0.05, 0) is 67.4 Å². The van der Waals surface area contributed by atoms with Crippen LogP contribution in [0, 0.1) is 13.8 Å². The highest BCUT2D eigenvalue weighted by Crippen LogP contribution is 2.34. The molecule has 5 aromatic rings. The lowest BCUT2D eigenvalue weighted by Crippen LogP contribution is -1.90. The quantitative estimate of drug-likeness (QED) is 0.280. The summed E-state index contributed by atoms with van der Waals surface area (Å²) in [5.41, 5.74) is 11.1. The fourth-order valence-electron chi connectivity index (χ4n) is 4.55. The highest BCUT2D eigenvalue weighted by Gasteiger charge is 2.12. The molecule has 0 aliphatic heterocycles. The monoisotopic (exact) mass is 448 g/mol. The standard InChI is InChI=1S/C30H28N2O2/c1-19-23(10-6-12-29(19)33-3)27-16-14-25(31-27)21-8-5-9-22(18-21)26-15-17-28(32-26)24-11-7-13-30(34-4)20(24)2/h5-18,31-32H,1-4H3. The van der Waals surface area contributed by atoms with E-state index in [2.05, 4.69) is 84.5 Å². The summed E-state index contributed by atoms with van der Waals surface area (Å²) in [6.45, 7) is 4.17. The van der Waals surface area contributed by atoms with Crippen LogP contribution in [0.1, 0.15) is 11.1 Å². The van der Waals surface area contributed by atoms with Gasteiger partial charge < -0.3 is 19.4 Å². The van der Waals surface area contributed by atoms with Crippen LogP contribution >= 0.6 is 0 Å². The van der Waals surface area contributed by atoms with Crippen LogP contribution in [0.3, 0.4) is 0 Å². The lowest BCUT2D eigenvalue weighted by atomic mass is 10.1. The summed E-state index contributed by atoms with van der Waals surface area (Å²) < 4.78 is 11.0. The van der Waals surface area contributed by atoms with E-state index in [9.17, 15) is 0 Å². The molecular formula is C30H28N2O2. The van der Waals surface area contributed by atoms with Crippen LogP contribution < -0.4 is 9.47 Å². The van der Waals surface area contributed by atoms with Crippen molar-refractivity contribution in [2.45, 2.75) is 13.8 Å². The van der Waals surface area contributed by atoms with Crippen LogP contribution in [0.5, 0.6) is 11.5 Å². The Balaban J connectivity index is 1.46. The van der Waals surface area contributed by atoms with Gasteiger partial charge in [0.1, 0.15) is 11.5 Å². The minimum absolute atomic E-state index is 0.893. The van der Waals surface area contributed by atoms with E-state index in [1.54, 1.807) is 14.2 Å². The topological polar surface area (TPSA) is 50.0 Å². The molecule has 0 aliphatic carbocycles. The minimum atomic E-state index is 0.893. The van der Waals surface area contributed by atoms with Crippen molar-refractivity contribution in [3.8, 4) is 56.5 Å². The van der Waals surface area contributed by atoms with E-state index in [0.717, 1.165) is 67.7 Å². The molecule has 4 heteroatoms. The van der Waals surface area contributed by atoms with Crippen LogP contribution in [0.4, 0.5) is 0 Å². The lowest BCUT2D eigenvalue weighted by Gasteiger charge is -2.09. The SMILES string of the molecule is COc1cccc(-c2ccc(-c3cccc(-c4ccc(-c5cccc(OC)c5C)[nH]4)c3)[nH]2)c1C. The molecule has 34 heavy (non-hydrogen) atoms. The van der Waals surface area contributed by atoms with E-state index in [1.165, 1.54) is 0 Å². The number of methoxy groups -OCH3 is 2. The van der Waals surface area contributed by atoms with Crippen molar-refractivity contribution in [1.82, 2.24) is 9.97 Å². The predicted molar refractivity (Wildman–Crippen MR) is 139 cm³/mol. The number of rotatable bonds is 6. The average Bonchev–Trinajstić information content (AvgIpc) is 3.55. The van der Waals surface area contributed by atoms with Crippen molar-refractivity contribution in [2.75, 3.05) is 14.2 Å². The number of hydrogen-bond acceptors (Lipinski definition) is 2. The Morgan fingerprint density at radius 3 is 1.35 bits per heavy atom. The van der Waals surface area contributed by atoms with Gasteiger partial charge in [0.25, 0.3) is 0 Å². The Morgan fingerprint density at radius 1 is 0.500 bits per heavy atom. The van der Waals surface area contributed by atoms with E-state index >= 15 is 0 Å². The molecule has 5 rings (SSSR count). The maximum atomic E-state index is 5.49. The zero-order chi connectivity index (χ0) is 23.7. The van der Waals surface area contributed by atoms with Gasteiger partial charge in [-0.25, -0.2) is 0 Å². The van der Waals surface area contributed by atoms with Crippen molar-refractivity contribution in [3.63, 3.8) is 0 Å². The van der Waals surface area contributed by atoms with Crippen LogP contribution in [-0.2, 0) is 0 Å². The lowest BCUT2D eigenvalue weighted by molar-refractivity contribution is 0.412. The van der Waals surface area contributed by atoms with Gasteiger partial charge >= 0.3 is 0 Å². The van der Waals surface area contributed by atoms with Crippen molar-refractivity contribution in [3.05, 3.63) is 96.1 Å². The third kappa shape index (κ3) is 3.88. The van der Waals surface area contributed by atoms with Crippen LogP contribution in [0.15, 0.2) is 84.9 Å². The summed E-state index contributed by atoms with van der Waals surface area (Å²) in [6.07, 6.45) is 0. The number of nitrogens with one attached hydrogen (secondary N) is 2. The summed E-state index contributed by atoms with van der Waals surface area (Å²) in [6, 6.07) is 29.3. The van der Waals surface area contributed by atoms with Crippen molar-refractivity contribution in [1.29, 1.82) is 0 Å². The first-order valence-corrected chi connectivity index (χ1v) is 11.4. The normalized spacial score (nSPS) is 10.9. The van der Waals surface area contributed by atoms with E-state index in [-0.39, 0.29) is 0 Å². The fourth-order valence-corrected chi connectivity index (χ4v) is 4.55. The number of hydrogen-bond donors (Lipinski definition) is 2. The Labute approximate surface area is 200 Å². The molecule has 0 saturated carbocycles. The van der Waals surface area contributed by atoms with E-state index in [1.807, 2.05) is 24.3 Å². The molecule has 3 aromatic carbocycles. The Kier molecular flexibility index (Phi) is 5.72. The summed E-state index contributed by atoms with van der Waals surface area (Å²) >= 11 is 0. The third-order valence-corrected chi connectivity index (χ3v) is 6.44. The van der Waals surface area contributed by atoms with Crippen molar-refractivity contribution in [2.24, 2.45) is 0 Å². The number of aromatic amines is 2. The number of aromatic nitrogens is 2. The molecule has 2 aromatic heterocycles. The largest absolute Gasteiger partial charge is 0.496 e. The molecular weight excluding hydrogens is 420 g/mol. The average molecular weight is 449 g/mol. The summed E-state index contributed by atoms with van der Waals surface area (Å²) in [5.74, 6) is 1.79. The molecule has 0 fully saturated rings. The van der Waals surface area contributed by atoms with Crippen LogP contribution in [0.25, 0.3) is 45.0 Å². The highest BCUT2D eigenvalue weighted by molar-refractivity contribution is 5.76. The maximum Gasteiger partial charge on any atom is 0.122 e. The van der Waals surface area contributed by atoms with Crippen molar-refractivity contribution < 1.29 is 9.47 Å². The second-order valence-electron chi connectivity index (χ2n) is 8.42. The van der Waals surface area contributed by atoms with E-state index in [4.69, 9.17) is 9.47 Å². The zero-order valence-corrected chi connectivity index (χ0v) is 19.9. The van der Waals surface area contributed by atoms with Crippen LogP contribution in [0.2, 0.25) is 0 Å². The molecule has 0 unspecified atom stereocenters. The molecule has 0 bridgehead atoms. The highest BCUT2D eigenvalue weighted by atomic mass is 16.5. The molecule has 2 heterocycles. The zero-order valence-electron chi connectivity index (χ0n) is 19.9. The van der Waals surface area contributed by atoms with Crippen molar-refractivity contribution >= 4 is 0 Å². The van der Waals surface area contributed by atoms with Gasteiger partial charge in [0.2, 0.25) is 0 Å². The van der Waals surface area contributed by atoms with Crippen LogP contribution in [-0.4, -0.2) is 24.2 Å². The maximum absolute atomic E-state index is 5.49. The summed E-state index contributed by atoms with van der Waals surface area (Å²) in [4.78, 5) is 7.18. The second-order valence-corrected chi connectivity index (χ2v) is 8.42. The molecule has 0 radical (unpaired) electrons. The van der Waals surface area contributed by atoms with Gasteiger partial charge in [0.15, 0.2) is 0 Å². The van der Waals surface area contributed by atoms with Gasteiger partial charge in [-0.2, -0.15) is 0 Å². The van der Waals surface area contributed by atoms with Gasteiger partial charge in [-0.1, -0.05) is 42.5 Å². The first-order valence-electron chi connectivity index (χ1n) is 11.4. The Morgan fingerprint density at radius 2 is 0.912 bits per heavy atom. The summed E-state index contributed by atoms with van der Waals surface area (Å²) in [5, 5.41) is 0. The second kappa shape index (κ2) is 8.99. The van der Waals surface area contributed by atoms with E-state index < -0.39 is 0 Å². The molecule has 170 valence electrons. The number of H-pyrrole nitrogens is 2. The Bertz CT molecular complexity index is 1350. The fraction of sp³-hybridized carbons (Fsp3) is 0.133. The predicted octanol–water partition coefficient (Wildman–Crippen LogP) is 7.64. The molecule has 4 nitrogen and oxygen atoms in total. The Hall–Kier alpha value is -4.18. The smallest absolute Gasteiger partial charge is 0.122 e. The van der Waals surface area contributed by atoms with Gasteiger partial charge in [-0.15, -0.1) is 0 Å². The molecule has 0 spiro atoms. The number of benzene rings is 3. The molecule has 2 N–H and O–H groups in total. The summed E-state index contributed by atoms with van der Waals surface area (Å²) in [7, 11) is 3.42. The molecule has 0 aliphatic rings. The molecule has 0 saturated heterocycles. The van der Waals surface area contributed by atoms with Gasteiger partial charge in [0, 0.05) is 45.0 Å². The third-order valence-electron chi connectivity index (χ3n) is 6.44. The van der Waals surface area contributed by atoms with E-state index in [0.29, 0.717) is 0 Å². The minimum Gasteiger partial charge on any atom is -0.496 e. The first-order chi connectivity index (χ1) is 16.6. The van der Waals surface area contributed by atoms with Gasteiger partial charge in [0.05, 0.1) is 14.2 Å². The molecule has 0 amide bonds. The number of ether oxygens (including phenoxy) is 2. The molecule has 0 atom stereocenters.